The minimum absolute atomic E-state index is 0.159. The standard InChI is InChI=1S/C28H29ClF2N4O3/c1-16(2)26(38-14-20-7-9-21(30)12-23(20)31)33-18(4)35(15-36)24-11-19(8-10-22(24)29)25-17(3)13-32-27(34-25)28(5,6)37/h7-13,15,37H,14H2,1-6H3/b33-18-. The Balaban J connectivity index is 1.96. The average molecular weight is 543 g/mol. The summed E-state index contributed by atoms with van der Waals surface area (Å²) in [5, 5.41) is 10.6. The number of allylic oxidation sites excluding steroid dienone is 1. The lowest BCUT2D eigenvalue weighted by Crippen LogP contribution is -2.27. The van der Waals surface area contributed by atoms with Crippen LogP contribution in [-0.2, 0) is 21.7 Å². The van der Waals surface area contributed by atoms with E-state index in [2.05, 4.69) is 15.0 Å². The average Bonchev–Trinajstić information content (AvgIpc) is 2.83. The predicted octanol–water partition coefficient (Wildman–Crippen LogP) is 6.46. The van der Waals surface area contributed by atoms with E-state index in [-0.39, 0.29) is 34.7 Å². The molecule has 200 valence electrons. The van der Waals surface area contributed by atoms with Crippen molar-refractivity contribution >= 4 is 29.5 Å². The minimum atomic E-state index is -1.24. The number of rotatable bonds is 8. The highest BCUT2D eigenvalue weighted by Gasteiger charge is 2.22. The molecule has 0 unspecified atom stereocenters. The number of amides is 1. The van der Waals surface area contributed by atoms with Gasteiger partial charge in [-0.3, -0.25) is 9.69 Å². The van der Waals surface area contributed by atoms with Crippen molar-refractivity contribution in [3.05, 3.63) is 87.7 Å². The van der Waals surface area contributed by atoms with E-state index in [1.807, 2.05) is 6.92 Å². The summed E-state index contributed by atoms with van der Waals surface area (Å²) in [4.78, 5) is 26.6. The minimum Gasteiger partial charge on any atom is -0.473 e. The van der Waals surface area contributed by atoms with E-state index < -0.39 is 17.2 Å². The number of halogens is 3. The number of anilines is 1. The number of aryl methyl sites for hydroxylation is 1. The molecule has 0 bridgehead atoms. The summed E-state index contributed by atoms with van der Waals surface area (Å²) in [6.07, 6.45) is 2.19. The molecule has 1 heterocycles. The maximum Gasteiger partial charge on any atom is 0.219 e. The van der Waals surface area contributed by atoms with Crippen molar-refractivity contribution in [1.82, 2.24) is 9.97 Å². The van der Waals surface area contributed by atoms with E-state index in [9.17, 15) is 18.7 Å². The quantitative estimate of drug-likeness (QED) is 0.153. The van der Waals surface area contributed by atoms with Crippen LogP contribution in [0.4, 0.5) is 14.5 Å². The fourth-order valence-electron chi connectivity index (χ4n) is 3.46. The molecule has 0 spiro atoms. The molecule has 0 aliphatic rings. The zero-order valence-corrected chi connectivity index (χ0v) is 22.8. The number of aliphatic imine (C=N–C) groups is 1. The van der Waals surface area contributed by atoms with Crippen LogP contribution in [0.3, 0.4) is 0 Å². The topological polar surface area (TPSA) is 87.9 Å². The van der Waals surface area contributed by atoms with Gasteiger partial charge < -0.3 is 9.84 Å². The molecular formula is C28H29ClF2N4O3. The van der Waals surface area contributed by atoms with Crippen LogP contribution in [0.1, 0.15) is 51.6 Å². The maximum atomic E-state index is 14.0. The van der Waals surface area contributed by atoms with Gasteiger partial charge in [0.15, 0.2) is 5.82 Å². The molecule has 3 rings (SSSR count). The van der Waals surface area contributed by atoms with Crippen LogP contribution in [-0.4, -0.2) is 27.3 Å². The van der Waals surface area contributed by atoms with Crippen LogP contribution in [0, 0.1) is 18.6 Å². The second-order valence-corrected chi connectivity index (χ2v) is 9.82. The number of aliphatic hydroxyl groups is 1. The van der Waals surface area contributed by atoms with Gasteiger partial charge in [-0.25, -0.2) is 23.7 Å². The number of carbonyl (C=O) groups excluding carboxylic acids is 1. The highest BCUT2D eigenvalue weighted by atomic mass is 35.5. The predicted molar refractivity (Wildman–Crippen MR) is 144 cm³/mol. The molecule has 0 radical (unpaired) electrons. The molecule has 7 nitrogen and oxygen atoms in total. The molecule has 2 aromatic carbocycles. The molecule has 38 heavy (non-hydrogen) atoms. The van der Waals surface area contributed by atoms with Crippen LogP contribution >= 0.6 is 11.6 Å². The van der Waals surface area contributed by atoms with Crippen molar-refractivity contribution in [1.29, 1.82) is 0 Å². The Bertz CT molecular complexity index is 1410. The third-order valence-corrected chi connectivity index (χ3v) is 5.84. The summed E-state index contributed by atoms with van der Waals surface area (Å²) in [5.74, 6) is -0.748. The van der Waals surface area contributed by atoms with Crippen molar-refractivity contribution in [3.8, 4) is 11.3 Å². The van der Waals surface area contributed by atoms with E-state index in [1.54, 1.807) is 59.0 Å². The Morgan fingerprint density at radius 2 is 1.89 bits per heavy atom. The van der Waals surface area contributed by atoms with Crippen molar-refractivity contribution in [2.45, 2.75) is 53.8 Å². The number of hydrogen-bond acceptors (Lipinski definition) is 6. The first-order chi connectivity index (χ1) is 17.8. The lowest BCUT2D eigenvalue weighted by molar-refractivity contribution is -0.106. The van der Waals surface area contributed by atoms with Crippen LogP contribution in [0.5, 0.6) is 0 Å². The Hall–Kier alpha value is -3.69. The zero-order valence-electron chi connectivity index (χ0n) is 22.0. The van der Waals surface area contributed by atoms with Gasteiger partial charge >= 0.3 is 0 Å². The second kappa shape index (κ2) is 11.8. The van der Waals surface area contributed by atoms with Gasteiger partial charge in [-0.05, 0) is 76.9 Å². The number of benzene rings is 2. The van der Waals surface area contributed by atoms with Crippen molar-refractivity contribution < 1.29 is 23.4 Å². The molecule has 1 amide bonds. The SMILES string of the molecule is CC(C)=C(/N=C(/C)N(C=O)c1cc(-c2nc(C(C)(C)O)ncc2C)ccc1Cl)OCc1ccc(F)cc1F. The monoisotopic (exact) mass is 542 g/mol. The third-order valence-electron chi connectivity index (χ3n) is 5.52. The molecule has 1 aromatic heterocycles. The summed E-state index contributed by atoms with van der Waals surface area (Å²) in [6.45, 7) is 9.95. The molecule has 1 N–H and O–H groups in total. The molecular weight excluding hydrogens is 514 g/mol. The van der Waals surface area contributed by atoms with E-state index in [4.69, 9.17) is 16.3 Å². The normalized spacial score (nSPS) is 11.8. The van der Waals surface area contributed by atoms with E-state index in [0.29, 0.717) is 28.9 Å². The number of ether oxygens (including phenoxy) is 1. The highest BCUT2D eigenvalue weighted by Crippen LogP contribution is 2.33. The van der Waals surface area contributed by atoms with Gasteiger partial charge in [0.2, 0.25) is 12.3 Å². The van der Waals surface area contributed by atoms with Gasteiger partial charge in [0.05, 0.1) is 16.4 Å². The molecule has 0 saturated heterocycles. The Morgan fingerprint density at radius 1 is 1.18 bits per heavy atom. The number of aromatic nitrogens is 2. The van der Waals surface area contributed by atoms with Gasteiger partial charge in [-0.1, -0.05) is 17.7 Å². The summed E-state index contributed by atoms with van der Waals surface area (Å²) in [5.41, 5.74) is 1.93. The molecule has 0 aliphatic carbocycles. The molecule has 0 saturated carbocycles. The highest BCUT2D eigenvalue weighted by molar-refractivity contribution is 6.34. The van der Waals surface area contributed by atoms with Gasteiger partial charge in [0.25, 0.3) is 0 Å². The van der Waals surface area contributed by atoms with Crippen LogP contribution < -0.4 is 4.90 Å². The Labute approximate surface area is 225 Å². The maximum absolute atomic E-state index is 14.0. The van der Waals surface area contributed by atoms with Gasteiger partial charge in [-0.15, -0.1) is 0 Å². The summed E-state index contributed by atoms with van der Waals surface area (Å²) in [6, 6.07) is 8.30. The lowest BCUT2D eigenvalue weighted by Gasteiger charge is -2.21. The van der Waals surface area contributed by atoms with Crippen molar-refractivity contribution in [3.63, 3.8) is 0 Å². The number of nitrogens with zero attached hydrogens (tertiary/aromatic N) is 4. The van der Waals surface area contributed by atoms with Gasteiger partial charge in [0, 0.05) is 23.4 Å². The summed E-state index contributed by atoms with van der Waals surface area (Å²) >= 11 is 6.47. The summed E-state index contributed by atoms with van der Waals surface area (Å²) < 4.78 is 33.0. The molecule has 0 fully saturated rings. The number of carbonyl (C=O) groups is 1. The van der Waals surface area contributed by atoms with Crippen molar-refractivity contribution in [2.75, 3.05) is 4.90 Å². The second-order valence-electron chi connectivity index (χ2n) is 9.41. The van der Waals surface area contributed by atoms with Gasteiger partial charge in [-0.2, -0.15) is 0 Å². The first-order valence-electron chi connectivity index (χ1n) is 11.7. The van der Waals surface area contributed by atoms with Crippen molar-refractivity contribution in [2.24, 2.45) is 4.99 Å². The smallest absolute Gasteiger partial charge is 0.219 e. The van der Waals surface area contributed by atoms with Crippen LogP contribution in [0.25, 0.3) is 11.3 Å². The first kappa shape index (κ1) is 28.9. The molecule has 0 atom stereocenters. The van der Waals surface area contributed by atoms with E-state index >= 15 is 0 Å². The molecule has 10 heteroatoms. The molecule has 3 aromatic rings. The van der Waals surface area contributed by atoms with E-state index in [1.165, 1.54) is 11.0 Å². The van der Waals surface area contributed by atoms with Crippen LogP contribution in [0.2, 0.25) is 5.02 Å². The largest absolute Gasteiger partial charge is 0.473 e. The fraction of sp³-hybridized carbons (Fsp3) is 0.286. The first-order valence-corrected chi connectivity index (χ1v) is 12.1. The lowest BCUT2D eigenvalue weighted by atomic mass is 10.0. The van der Waals surface area contributed by atoms with Gasteiger partial charge in [0.1, 0.15) is 29.7 Å². The fourth-order valence-corrected chi connectivity index (χ4v) is 3.66. The Kier molecular flexibility index (Phi) is 8.96. The van der Waals surface area contributed by atoms with Crippen LogP contribution in [0.15, 0.2) is 59.0 Å². The Morgan fingerprint density at radius 3 is 2.50 bits per heavy atom. The van der Waals surface area contributed by atoms with E-state index in [0.717, 1.165) is 17.7 Å². The third kappa shape index (κ3) is 6.79. The zero-order chi connectivity index (χ0) is 28.2. The molecule has 0 aliphatic heterocycles. The summed E-state index contributed by atoms with van der Waals surface area (Å²) in [7, 11) is 0. The number of hydrogen-bond donors (Lipinski definition) is 1. The number of amidine groups is 1.